The van der Waals surface area contributed by atoms with Crippen molar-refractivity contribution in [2.24, 2.45) is 11.8 Å². The van der Waals surface area contributed by atoms with Crippen LogP contribution in [0.4, 0.5) is 0 Å². The van der Waals surface area contributed by atoms with E-state index in [1.165, 1.54) is 19.3 Å². The topological polar surface area (TPSA) is 12.0 Å². The van der Waals surface area contributed by atoms with Crippen LogP contribution in [0.1, 0.15) is 47.0 Å². The van der Waals surface area contributed by atoms with Crippen LogP contribution in [0.3, 0.4) is 0 Å². The van der Waals surface area contributed by atoms with E-state index in [1.807, 2.05) is 0 Å². The minimum Gasteiger partial charge on any atom is -0.312 e. The molecule has 0 amide bonds. The van der Waals surface area contributed by atoms with Gasteiger partial charge >= 0.3 is 0 Å². The molecule has 3 atom stereocenters. The number of hydrogen-bond acceptors (Lipinski definition) is 1. The predicted molar refractivity (Wildman–Crippen MR) is 54.2 cm³/mol. The fourth-order valence-corrected chi connectivity index (χ4v) is 2.25. The Balaban J connectivity index is 2.41. The van der Waals surface area contributed by atoms with Gasteiger partial charge in [-0.2, -0.15) is 0 Å². The van der Waals surface area contributed by atoms with E-state index in [1.54, 1.807) is 0 Å². The van der Waals surface area contributed by atoms with Crippen LogP contribution in [-0.2, 0) is 0 Å². The molecule has 1 nitrogen and oxygen atoms in total. The van der Waals surface area contributed by atoms with Crippen LogP contribution in [0, 0.1) is 11.8 Å². The summed E-state index contributed by atoms with van der Waals surface area (Å²) in [6, 6.07) is 1.41. The Kier molecular flexibility index (Phi) is 3.57. The number of nitrogens with one attached hydrogen (secondary N) is 1. The van der Waals surface area contributed by atoms with Crippen LogP contribution >= 0.6 is 0 Å². The molecule has 0 saturated heterocycles. The summed E-state index contributed by atoms with van der Waals surface area (Å²) < 4.78 is 0. The largest absolute Gasteiger partial charge is 0.312 e. The van der Waals surface area contributed by atoms with Crippen molar-refractivity contribution in [2.75, 3.05) is 0 Å². The van der Waals surface area contributed by atoms with Crippen LogP contribution < -0.4 is 5.32 Å². The normalized spacial score (nSPS) is 37.2. The van der Waals surface area contributed by atoms with Gasteiger partial charge in [0.15, 0.2) is 0 Å². The van der Waals surface area contributed by atoms with Gasteiger partial charge < -0.3 is 5.32 Å². The molecule has 12 heavy (non-hydrogen) atoms. The summed E-state index contributed by atoms with van der Waals surface area (Å²) in [5.74, 6) is 1.77. The SMILES string of the molecule is CC(C)N[C@@H]1CCC[C@H](C)[C@H]1C. The second-order valence-electron chi connectivity index (χ2n) is 4.70. The second-order valence-corrected chi connectivity index (χ2v) is 4.70. The fourth-order valence-electron chi connectivity index (χ4n) is 2.25. The van der Waals surface area contributed by atoms with E-state index in [-0.39, 0.29) is 0 Å². The summed E-state index contributed by atoms with van der Waals surface area (Å²) in [6.45, 7) is 9.26. The lowest BCUT2D eigenvalue weighted by Crippen LogP contribution is -2.43. The summed E-state index contributed by atoms with van der Waals surface area (Å²) in [5, 5.41) is 3.66. The fraction of sp³-hybridized carbons (Fsp3) is 1.00. The molecule has 0 radical (unpaired) electrons. The summed E-state index contributed by atoms with van der Waals surface area (Å²) in [6.07, 6.45) is 4.22. The highest BCUT2D eigenvalue weighted by molar-refractivity contribution is 4.82. The van der Waals surface area contributed by atoms with Crippen LogP contribution in [-0.4, -0.2) is 12.1 Å². The molecular weight excluding hydrogens is 146 g/mol. The lowest BCUT2D eigenvalue weighted by Gasteiger charge is -2.35. The molecule has 1 aliphatic carbocycles. The molecule has 0 aromatic rings. The predicted octanol–water partition coefficient (Wildman–Crippen LogP) is 2.81. The molecule has 1 N–H and O–H groups in total. The van der Waals surface area contributed by atoms with E-state index in [4.69, 9.17) is 0 Å². The Bertz CT molecular complexity index is 131. The van der Waals surface area contributed by atoms with Crippen molar-refractivity contribution < 1.29 is 0 Å². The number of rotatable bonds is 2. The second kappa shape index (κ2) is 4.27. The first kappa shape index (κ1) is 10.0. The summed E-state index contributed by atoms with van der Waals surface area (Å²) in [5.41, 5.74) is 0. The van der Waals surface area contributed by atoms with Gasteiger partial charge in [-0.3, -0.25) is 0 Å². The molecule has 0 heterocycles. The van der Waals surface area contributed by atoms with Crippen LogP contribution in [0.15, 0.2) is 0 Å². The zero-order valence-electron chi connectivity index (χ0n) is 8.93. The van der Waals surface area contributed by atoms with Gasteiger partial charge in [-0.25, -0.2) is 0 Å². The van der Waals surface area contributed by atoms with E-state index >= 15 is 0 Å². The Morgan fingerprint density at radius 3 is 2.42 bits per heavy atom. The summed E-state index contributed by atoms with van der Waals surface area (Å²) in [4.78, 5) is 0. The van der Waals surface area contributed by atoms with Crippen molar-refractivity contribution >= 4 is 0 Å². The van der Waals surface area contributed by atoms with Gasteiger partial charge in [0.25, 0.3) is 0 Å². The van der Waals surface area contributed by atoms with Crippen LogP contribution in [0.25, 0.3) is 0 Å². The standard InChI is InChI=1S/C11H23N/c1-8(2)12-11-7-5-6-9(3)10(11)4/h8-12H,5-7H2,1-4H3/t9-,10+,11+/m0/s1. The third kappa shape index (κ3) is 2.48. The Morgan fingerprint density at radius 2 is 1.83 bits per heavy atom. The minimum absolute atomic E-state index is 0.641. The average Bonchev–Trinajstić information content (AvgIpc) is 1.98. The van der Waals surface area contributed by atoms with E-state index < -0.39 is 0 Å². The molecule has 0 spiro atoms. The molecule has 0 aromatic heterocycles. The molecule has 1 heteroatoms. The van der Waals surface area contributed by atoms with Crippen LogP contribution in [0.5, 0.6) is 0 Å². The van der Waals surface area contributed by atoms with E-state index in [9.17, 15) is 0 Å². The van der Waals surface area contributed by atoms with E-state index in [0.717, 1.165) is 17.9 Å². The monoisotopic (exact) mass is 169 g/mol. The lowest BCUT2D eigenvalue weighted by molar-refractivity contribution is 0.198. The molecule has 0 unspecified atom stereocenters. The third-order valence-electron chi connectivity index (χ3n) is 3.25. The van der Waals surface area contributed by atoms with Crippen molar-refractivity contribution in [3.8, 4) is 0 Å². The van der Waals surface area contributed by atoms with Gasteiger partial charge in [0.2, 0.25) is 0 Å². The van der Waals surface area contributed by atoms with Crippen molar-refractivity contribution in [1.29, 1.82) is 0 Å². The van der Waals surface area contributed by atoms with Gasteiger partial charge in [0.1, 0.15) is 0 Å². The van der Waals surface area contributed by atoms with Gasteiger partial charge in [-0.05, 0) is 18.3 Å². The maximum Gasteiger partial charge on any atom is 0.00975 e. The molecule has 1 fully saturated rings. The Morgan fingerprint density at radius 1 is 1.17 bits per heavy atom. The smallest absolute Gasteiger partial charge is 0.00975 e. The zero-order chi connectivity index (χ0) is 9.14. The highest BCUT2D eigenvalue weighted by Crippen LogP contribution is 2.29. The van der Waals surface area contributed by atoms with Crippen molar-refractivity contribution in [1.82, 2.24) is 5.32 Å². The average molecular weight is 169 g/mol. The molecule has 72 valence electrons. The van der Waals surface area contributed by atoms with Crippen LogP contribution in [0.2, 0.25) is 0 Å². The third-order valence-corrected chi connectivity index (χ3v) is 3.25. The molecule has 0 aliphatic heterocycles. The molecule has 0 bridgehead atoms. The molecular formula is C11H23N. The maximum absolute atomic E-state index is 3.66. The minimum atomic E-state index is 0.641. The molecule has 0 aromatic carbocycles. The van der Waals surface area contributed by atoms with Gasteiger partial charge in [0.05, 0.1) is 0 Å². The summed E-state index contributed by atoms with van der Waals surface area (Å²) in [7, 11) is 0. The van der Waals surface area contributed by atoms with Crippen molar-refractivity contribution in [3.63, 3.8) is 0 Å². The first-order valence-electron chi connectivity index (χ1n) is 5.37. The Hall–Kier alpha value is -0.0400. The summed E-state index contributed by atoms with van der Waals surface area (Å²) >= 11 is 0. The van der Waals surface area contributed by atoms with Crippen molar-refractivity contribution in [2.45, 2.75) is 59.0 Å². The zero-order valence-corrected chi connectivity index (χ0v) is 8.93. The van der Waals surface area contributed by atoms with Gasteiger partial charge in [0, 0.05) is 12.1 Å². The van der Waals surface area contributed by atoms with Gasteiger partial charge in [-0.15, -0.1) is 0 Å². The quantitative estimate of drug-likeness (QED) is 0.670. The first-order chi connectivity index (χ1) is 5.61. The van der Waals surface area contributed by atoms with E-state index in [2.05, 4.69) is 33.0 Å². The van der Waals surface area contributed by atoms with E-state index in [0.29, 0.717) is 6.04 Å². The number of hydrogen-bond donors (Lipinski definition) is 1. The lowest BCUT2D eigenvalue weighted by atomic mass is 9.78. The van der Waals surface area contributed by atoms with Gasteiger partial charge in [-0.1, -0.05) is 40.5 Å². The first-order valence-corrected chi connectivity index (χ1v) is 5.37. The van der Waals surface area contributed by atoms with Crippen molar-refractivity contribution in [3.05, 3.63) is 0 Å². The molecule has 1 saturated carbocycles. The highest BCUT2D eigenvalue weighted by atomic mass is 14.9. The molecule has 1 aliphatic rings. The highest BCUT2D eigenvalue weighted by Gasteiger charge is 2.26. The Labute approximate surface area is 76.9 Å². The molecule has 1 rings (SSSR count). The maximum atomic E-state index is 3.66.